The quantitative estimate of drug-likeness (QED) is 0.898. The molecule has 3 nitrogen and oxygen atoms in total. The van der Waals surface area contributed by atoms with E-state index in [0.29, 0.717) is 23.3 Å². The molecule has 0 unspecified atom stereocenters. The van der Waals surface area contributed by atoms with Crippen LogP contribution in [0.1, 0.15) is 45.0 Å². The van der Waals surface area contributed by atoms with Gasteiger partial charge in [0.05, 0.1) is 11.0 Å². The average Bonchev–Trinajstić information content (AvgIpc) is 2.63. The molecule has 2 N–H and O–H groups in total. The molecule has 1 aromatic carbocycles. The Balaban J connectivity index is 2.14. The fraction of sp³-hybridized carbons (Fsp3) is 0.562. The summed E-state index contributed by atoms with van der Waals surface area (Å²) in [6, 6.07) is 6.34. The highest BCUT2D eigenvalue weighted by Gasteiger charge is 2.66. The molecule has 1 saturated carbocycles. The highest BCUT2D eigenvalue weighted by atomic mass is 15.1. The van der Waals surface area contributed by atoms with Gasteiger partial charge in [-0.15, -0.1) is 0 Å². The Morgan fingerprint density at radius 2 is 1.84 bits per heavy atom. The van der Waals surface area contributed by atoms with Crippen LogP contribution >= 0.6 is 0 Å². The second kappa shape index (κ2) is 3.60. The fourth-order valence-electron chi connectivity index (χ4n) is 3.49. The van der Waals surface area contributed by atoms with Crippen LogP contribution in [0.4, 0.5) is 0 Å². The van der Waals surface area contributed by atoms with E-state index in [1.807, 2.05) is 0 Å². The number of nitrogens with zero attached hydrogens (tertiary/aromatic N) is 2. The first-order valence-corrected chi connectivity index (χ1v) is 6.96. The zero-order chi connectivity index (χ0) is 14.0. The molecule has 0 atom stereocenters. The van der Waals surface area contributed by atoms with Crippen LogP contribution in [0.3, 0.4) is 0 Å². The van der Waals surface area contributed by atoms with E-state index in [1.165, 1.54) is 11.3 Å². The molecule has 2 aromatic rings. The van der Waals surface area contributed by atoms with Gasteiger partial charge in [-0.2, -0.15) is 0 Å². The first-order valence-electron chi connectivity index (χ1n) is 6.96. The van der Waals surface area contributed by atoms with Gasteiger partial charge in [0.2, 0.25) is 0 Å². The first kappa shape index (κ1) is 12.7. The van der Waals surface area contributed by atoms with Crippen LogP contribution in [-0.4, -0.2) is 9.55 Å². The summed E-state index contributed by atoms with van der Waals surface area (Å²) >= 11 is 0. The second-order valence-corrected chi connectivity index (χ2v) is 6.93. The van der Waals surface area contributed by atoms with Crippen molar-refractivity contribution in [1.29, 1.82) is 0 Å². The molecule has 19 heavy (non-hydrogen) atoms. The summed E-state index contributed by atoms with van der Waals surface area (Å²) in [5, 5.41) is 0. The molecule has 0 radical (unpaired) electrons. The highest BCUT2D eigenvalue weighted by molar-refractivity contribution is 5.77. The summed E-state index contributed by atoms with van der Waals surface area (Å²) in [5.41, 5.74) is 9.76. The molecule has 0 aliphatic heterocycles. The smallest absolute Gasteiger partial charge is 0.113 e. The molecular weight excluding hydrogens is 234 g/mol. The first-order chi connectivity index (χ1) is 8.80. The number of benzene rings is 1. The van der Waals surface area contributed by atoms with E-state index in [-0.39, 0.29) is 0 Å². The maximum Gasteiger partial charge on any atom is 0.113 e. The monoisotopic (exact) mass is 257 g/mol. The van der Waals surface area contributed by atoms with E-state index in [9.17, 15) is 0 Å². The number of imidazole rings is 1. The van der Waals surface area contributed by atoms with Gasteiger partial charge in [-0.3, -0.25) is 0 Å². The summed E-state index contributed by atoms with van der Waals surface area (Å²) in [6.45, 7) is 9.91. The van der Waals surface area contributed by atoms with Gasteiger partial charge in [0.1, 0.15) is 5.82 Å². The van der Waals surface area contributed by atoms with Gasteiger partial charge in [0.25, 0.3) is 0 Å². The number of aromatic nitrogens is 2. The third-order valence-corrected chi connectivity index (χ3v) is 5.49. The Morgan fingerprint density at radius 3 is 2.37 bits per heavy atom. The van der Waals surface area contributed by atoms with Gasteiger partial charge in [0.15, 0.2) is 0 Å². The van der Waals surface area contributed by atoms with Gasteiger partial charge in [0, 0.05) is 19.5 Å². The van der Waals surface area contributed by atoms with Gasteiger partial charge in [-0.05, 0) is 28.5 Å². The molecule has 0 spiro atoms. The van der Waals surface area contributed by atoms with Crippen LogP contribution in [0.15, 0.2) is 18.2 Å². The van der Waals surface area contributed by atoms with E-state index in [2.05, 4.69) is 57.5 Å². The van der Waals surface area contributed by atoms with E-state index in [0.717, 1.165) is 11.1 Å². The normalized spacial score (nSPS) is 20.9. The van der Waals surface area contributed by atoms with Crippen molar-refractivity contribution in [3.63, 3.8) is 0 Å². The SMILES string of the molecule is Cn1c(C2C(C)(C)C2(C)C)nc2cc(CN)ccc21. The van der Waals surface area contributed by atoms with Gasteiger partial charge >= 0.3 is 0 Å². The Bertz CT molecular complexity index is 635. The minimum Gasteiger partial charge on any atom is -0.331 e. The van der Waals surface area contributed by atoms with Crippen LogP contribution in [0.25, 0.3) is 11.0 Å². The summed E-state index contributed by atoms with van der Waals surface area (Å²) in [4.78, 5) is 4.88. The van der Waals surface area contributed by atoms with Crippen molar-refractivity contribution in [2.24, 2.45) is 23.6 Å². The molecule has 1 aromatic heterocycles. The van der Waals surface area contributed by atoms with Crippen molar-refractivity contribution in [1.82, 2.24) is 9.55 Å². The number of rotatable bonds is 2. The molecule has 1 aliphatic rings. The summed E-state index contributed by atoms with van der Waals surface area (Å²) in [7, 11) is 2.12. The van der Waals surface area contributed by atoms with Crippen LogP contribution in [0.2, 0.25) is 0 Å². The van der Waals surface area contributed by atoms with Crippen LogP contribution in [-0.2, 0) is 13.6 Å². The Hall–Kier alpha value is -1.35. The lowest BCUT2D eigenvalue weighted by Crippen LogP contribution is -1.99. The topological polar surface area (TPSA) is 43.8 Å². The molecule has 3 rings (SSSR count). The maximum atomic E-state index is 5.71. The summed E-state index contributed by atoms with van der Waals surface area (Å²) in [5.74, 6) is 1.73. The lowest BCUT2D eigenvalue weighted by molar-refractivity contribution is 0.457. The second-order valence-electron chi connectivity index (χ2n) is 6.93. The van der Waals surface area contributed by atoms with Crippen molar-refractivity contribution >= 4 is 11.0 Å². The largest absolute Gasteiger partial charge is 0.331 e. The minimum absolute atomic E-state index is 0.318. The van der Waals surface area contributed by atoms with Crippen molar-refractivity contribution in [3.8, 4) is 0 Å². The van der Waals surface area contributed by atoms with Crippen molar-refractivity contribution in [3.05, 3.63) is 29.6 Å². The number of hydrogen-bond donors (Lipinski definition) is 1. The highest BCUT2D eigenvalue weighted by Crippen LogP contribution is 2.73. The van der Waals surface area contributed by atoms with Crippen molar-refractivity contribution in [2.75, 3.05) is 0 Å². The average molecular weight is 257 g/mol. The number of aryl methyl sites for hydroxylation is 1. The molecule has 1 heterocycles. The molecule has 0 bridgehead atoms. The predicted octanol–water partition coefficient (Wildman–Crippen LogP) is 3.18. The molecule has 102 valence electrons. The zero-order valence-corrected chi connectivity index (χ0v) is 12.5. The van der Waals surface area contributed by atoms with Crippen molar-refractivity contribution < 1.29 is 0 Å². The minimum atomic E-state index is 0.318. The molecule has 1 fully saturated rings. The van der Waals surface area contributed by atoms with Gasteiger partial charge < -0.3 is 10.3 Å². The number of hydrogen-bond acceptors (Lipinski definition) is 2. The Kier molecular flexibility index (Phi) is 2.40. The number of fused-ring (bicyclic) bond motifs is 1. The van der Waals surface area contributed by atoms with Crippen LogP contribution in [0, 0.1) is 10.8 Å². The Labute approximate surface area is 114 Å². The maximum absolute atomic E-state index is 5.71. The van der Waals surface area contributed by atoms with E-state index >= 15 is 0 Å². The lowest BCUT2D eigenvalue weighted by atomic mass is 10.0. The standard InChI is InChI=1S/C16H23N3/c1-15(2)13(16(15,3)4)14-18-11-8-10(9-17)6-7-12(11)19(14)5/h6-8,13H,9,17H2,1-5H3. The molecule has 0 amide bonds. The van der Waals surface area contributed by atoms with Crippen molar-refractivity contribution in [2.45, 2.75) is 40.2 Å². The number of nitrogens with two attached hydrogens (primary N) is 1. The van der Waals surface area contributed by atoms with E-state index in [4.69, 9.17) is 10.7 Å². The third-order valence-electron chi connectivity index (χ3n) is 5.49. The Morgan fingerprint density at radius 1 is 1.21 bits per heavy atom. The molecule has 1 aliphatic carbocycles. The molecule has 3 heteroatoms. The predicted molar refractivity (Wildman–Crippen MR) is 78.9 cm³/mol. The third kappa shape index (κ3) is 1.51. The van der Waals surface area contributed by atoms with Gasteiger partial charge in [-0.1, -0.05) is 33.8 Å². The van der Waals surface area contributed by atoms with Crippen LogP contribution < -0.4 is 5.73 Å². The molecule has 0 saturated heterocycles. The molecular formula is C16H23N3. The summed E-state index contributed by atoms with van der Waals surface area (Å²) in [6.07, 6.45) is 0. The van der Waals surface area contributed by atoms with Gasteiger partial charge in [-0.25, -0.2) is 4.98 Å². The van der Waals surface area contributed by atoms with Crippen LogP contribution in [0.5, 0.6) is 0 Å². The van der Waals surface area contributed by atoms with E-state index in [1.54, 1.807) is 0 Å². The fourth-order valence-corrected chi connectivity index (χ4v) is 3.49. The zero-order valence-electron chi connectivity index (χ0n) is 12.5. The lowest BCUT2D eigenvalue weighted by Gasteiger charge is -2.03. The summed E-state index contributed by atoms with van der Waals surface area (Å²) < 4.78 is 2.25. The van der Waals surface area contributed by atoms with E-state index < -0.39 is 0 Å².